The van der Waals surface area contributed by atoms with Gasteiger partial charge in [-0.05, 0) is 61.6 Å². The molecule has 2 heterocycles. The van der Waals surface area contributed by atoms with E-state index in [2.05, 4.69) is 11.9 Å². The first kappa shape index (κ1) is 21.4. The molecule has 3 aromatic rings. The van der Waals surface area contributed by atoms with Gasteiger partial charge in [-0.15, -0.1) is 0 Å². The van der Waals surface area contributed by atoms with Gasteiger partial charge in [0.15, 0.2) is 0 Å². The summed E-state index contributed by atoms with van der Waals surface area (Å²) in [5.41, 5.74) is 1.37. The van der Waals surface area contributed by atoms with Crippen LogP contribution in [0.25, 0.3) is 10.9 Å². The van der Waals surface area contributed by atoms with Crippen LogP contribution in [0.3, 0.4) is 0 Å². The Morgan fingerprint density at radius 1 is 1.06 bits per heavy atom. The minimum atomic E-state index is -4.08. The molecule has 0 N–H and O–H groups in total. The van der Waals surface area contributed by atoms with Crippen LogP contribution in [0, 0.1) is 5.82 Å². The average molecular weight is 441 g/mol. The first-order chi connectivity index (χ1) is 14.9. The van der Waals surface area contributed by atoms with Crippen LogP contribution in [0.5, 0.6) is 0 Å². The second-order valence-electron chi connectivity index (χ2n) is 7.91. The molecule has 2 aromatic carbocycles. The molecule has 0 spiro atoms. The SMILES string of the molecule is CCCc1ccc(S(=O)(=O)c2c(C(=O)N3CCCCC3)cnc3ccc(F)cc23)cc1. The fourth-order valence-electron chi connectivity index (χ4n) is 4.09. The summed E-state index contributed by atoms with van der Waals surface area (Å²) < 4.78 is 41.5. The average Bonchev–Trinajstić information content (AvgIpc) is 2.79. The number of piperidine rings is 1. The van der Waals surface area contributed by atoms with E-state index >= 15 is 0 Å². The Morgan fingerprint density at radius 3 is 2.45 bits per heavy atom. The van der Waals surface area contributed by atoms with Gasteiger partial charge in [-0.3, -0.25) is 9.78 Å². The number of pyridine rings is 1. The highest BCUT2D eigenvalue weighted by Crippen LogP contribution is 2.32. The van der Waals surface area contributed by atoms with Crippen LogP contribution in [0.1, 0.15) is 48.5 Å². The van der Waals surface area contributed by atoms with Gasteiger partial charge in [0.2, 0.25) is 9.84 Å². The molecule has 0 unspecified atom stereocenters. The molecule has 1 saturated heterocycles. The van der Waals surface area contributed by atoms with Crippen LogP contribution >= 0.6 is 0 Å². The molecule has 1 amide bonds. The quantitative estimate of drug-likeness (QED) is 0.572. The smallest absolute Gasteiger partial charge is 0.256 e. The lowest BCUT2D eigenvalue weighted by molar-refractivity contribution is 0.0720. The molecule has 5 nitrogen and oxygen atoms in total. The van der Waals surface area contributed by atoms with Crippen molar-refractivity contribution >= 4 is 26.6 Å². The third-order valence-corrected chi connectivity index (χ3v) is 7.57. The van der Waals surface area contributed by atoms with Crippen molar-refractivity contribution in [3.05, 3.63) is 65.6 Å². The van der Waals surface area contributed by atoms with E-state index in [0.29, 0.717) is 18.6 Å². The highest BCUT2D eigenvalue weighted by atomic mass is 32.2. The number of hydrogen-bond acceptors (Lipinski definition) is 4. The molecule has 0 bridgehead atoms. The molecular formula is C24H25FN2O3S. The summed E-state index contributed by atoms with van der Waals surface area (Å²) in [6.45, 7) is 3.21. The monoisotopic (exact) mass is 440 g/mol. The third kappa shape index (κ3) is 4.19. The predicted octanol–water partition coefficient (Wildman–Crippen LogP) is 4.79. The van der Waals surface area contributed by atoms with Crippen LogP contribution in [-0.2, 0) is 16.3 Å². The summed E-state index contributed by atoms with van der Waals surface area (Å²) >= 11 is 0. The summed E-state index contributed by atoms with van der Waals surface area (Å²) in [7, 11) is -4.08. The zero-order valence-electron chi connectivity index (χ0n) is 17.5. The number of carbonyl (C=O) groups is 1. The van der Waals surface area contributed by atoms with E-state index in [1.54, 1.807) is 29.2 Å². The van der Waals surface area contributed by atoms with Gasteiger partial charge in [0.05, 0.1) is 20.9 Å². The van der Waals surface area contributed by atoms with Crippen LogP contribution in [0.2, 0.25) is 0 Å². The number of nitrogens with zero attached hydrogens (tertiary/aromatic N) is 2. The maximum atomic E-state index is 14.1. The van der Waals surface area contributed by atoms with E-state index in [0.717, 1.165) is 43.7 Å². The number of benzene rings is 2. The Balaban J connectivity index is 1.91. The Kier molecular flexibility index (Phi) is 6.05. The van der Waals surface area contributed by atoms with Crippen LogP contribution in [0.4, 0.5) is 4.39 Å². The lowest BCUT2D eigenvalue weighted by atomic mass is 10.1. The molecule has 31 heavy (non-hydrogen) atoms. The molecule has 1 fully saturated rings. The second-order valence-corrected chi connectivity index (χ2v) is 9.80. The van der Waals surface area contributed by atoms with Gasteiger partial charge < -0.3 is 4.90 Å². The second kappa shape index (κ2) is 8.75. The number of likely N-dealkylation sites (tertiary alicyclic amines) is 1. The van der Waals surface area contributed by atoms with E-state index in [-0.39, 0.29) is 26.6 Å². The van der Waals surface area contributed by atoms with Crippen molar-refractivity contribution in [2.24, 2.45) is 0 Å². The summed E-state index contributed by atoms with van der Waals surface area (Å²) in [6.07, 6.45) is 5.91. The van der Waals surface area contributed by atoms with Gasteiger partial charge in [-0.2, -0.15) is 0 Å². The van der Waals surface area contributed by atoms with Gasteiger partial charge in [0, 0.05) is 24.7 Å². The number of rotatable bonds is 5. The van der Waals surface area contributed by atoms with E-state index < -0.39 is 15.7 Å². The number of sulfone groups is 1. The molecule has 0 aliphatic carbocycles. The first-order valence-electron chi connectivity index (χ1n) is 10.6. The number of halogens is 1. The third-order valence-electron chi connectivity index (χ3n) is 5.70. The van der Waals surface area contributed by atoms with Crippen molar-refractivity contribution in [3.63, 3.8) is 0 Å². The van der Waals surface area contributed by atoms with Crippen molar-refractivity contribution in [1.29, 1.82) is 0 Å². The van der Waals surface area contributed by atoms with Gasteiger partial charge in [0.25, 0.3) is 5.91 Å². The highest BCUT2D eigenvalue weighted by molar-refractivity contribution is 7.91. The van der Waals surface area contributed by atoms with Gasteiger partial charge in [-0.25, -0.2) is 12.8 Å². The number of carbonyl (C=O) groups excluding carboxylic acids is 1. The van der Waals surface area contributed by atoms with Crippen molar-refractivity contribution < 1.29 is 17.6 Å². The molecule has 0 radical (unpaired) electrons. The summed E-state index contributed by atoms with van der Waals surface area (Å²) in [5, 5.41) is 0.125. The molecule has 1 aromatic heterocycles. The Labute approximate surface area is 181 Å². The fraction of sp³-hybridized carbons (Fsp3) is 0.333. The summed E-state index contributed by atoms with van der Waals surface area (Å²) in [4.78, 5) is 19.1. The standard InChI is InChI=1S/C24H25FN2O3S/c1-2-6-17-7-10-19(11-8-17)31(29,30)23-20-15-18(25)9-12-22(20)26-16-21(23)24(28)27-13-4-3-5-14-27/h7-12,15-16H,2-6,13-14H2,1H3. The molecule has 1 aliphatic heterocycles. The van der Waals surface area contributed by atoms with Crippen molar-refractivity contribution in [3.8, 4) is 0 Å². The number of fused-ring (bicyclic) bond motifs is 1. The van der Waals surface area contributed by atoms with E-state index in [1.165, 1.54) is 18.3 Å². The summed E-state index contributed by atoms with van der Waals surface area (Å²) in [6, 6.07) is 10.5. The number of amides is 1. The zero-order valence-corrected chi connectivity index (χ0v) is 18.3. The van der Waals surface area contributed by atoms with Crippen LogP contribution < -0.4 is 0 Å². The zero-order chi connectivity index (χ0) is 22.0. The minimum Gasteiger partial charge on any atom is -0.339 e. The van der Waals surface area contributed by atoms with E-state index in [4.69, 9.17) is 0 Å². The number of aromatic nitrogens is 1. The fourth-order valence-corrected chi connectivity index (χ4v) is 5.70. The van der Waals surface area contributed by atoms with E-state index in [1.807, 2.05) is 0 Å². The lowest BCUT2D eigenvalue weighted by Gasteiger charge is -2.27. The topological polar surface area (TPSA) is 67.3 Å². The minimum absolute atomic E-state index is 0.00219. The lowest BCUT2D eigenvalue weighted by Crippen LogP contribution is -2.36. The Hall–Kier alpha value is -2.80. The van der Waals surface area contributed by atoms with Crippen molar-refractivity contribution in [2.45, 2.75) is 48.8 Å². The van der Waals surface area contributed by atoms with Gasteiger partial charge in [0.1, 0.15) is 5.82 Å². The maximum Gasteiger partial charge on any atom is 0.256 e. The molecular weight excluding hydrogens is 415 g/mol. The Morgan fingerprint density at radius 2 is 1.77 bits per heavy atom. The Bertz CT molecular complexity index is 1220. The maximum absolute atomic E-state index is 14.1. The number of aryl methyl sites for hydroxylation is 1. The predicted molar refractivity (Wildman–Crippen MR) is 117 cm³/mol. The highest BCUT2D eigenvalue weighted by Gasteiger charge is 2.30. The van der Waals surface area contributed by atoms with E-state index in [9.17, 15) is 17.6 Å². The van der Waals surface area contributed by atoms with Gasteiger partial charge >= 0.3 is 0 Å². The molecule has 162 valence electrons. The van der Waals surface area contributed by atoms with Gasteiger partial charge in [-0.1, -0.05) is 25.5 Å². The van der Waals surface area contributed by atoms with Crippen molar-refractivity contribution in [2.75, 3.05) is 13.1 Å². The molecule has 0 atom stereocenters. The molecule has 4 rings (SSSR count). The van der Waals surface area contributed by atoms with Crippen LogP contribution in [0.15, 0.2) is 58.5 Å². The molecule has 0 saturated carbocycles. The largest absolute Gasteiger partial charge is 0.339 e. The van der Waals surface area contributed by atoms with Crippen LogP contribution in [-0.4, -0.2) is 37.3 Å². The first-order valence-corrected chi connectivity index (χ1v) is 12.1. The normalized spacial score (nSPS) is 14.7. The summed E-state index contributed by atoms with van der Waals surface area (Å²) in [5.74, 6) is -0.953. The van der Waals surface area contributed by atoms with Crippen molar-refractivity contribution in [1.82, 2.24) is 9.88 Å². The number of hydrogen-bond donors (Lipinski definition) is 0. The molecule has 7 heteroatoms. The molecule has 1 aliphatic rings.